The summed E-state index contributed by atoms with van der Waals surface area (Å²) in [5.41, 5.74) is 13.0. The average Bonchev–Trinajstić information content (AvgIpc) is 3.76. The van der Waals surface area contributed by atoms with E-state index in [0.29, 0.717) is 5.71 Å². The van der Waals surface area contributed by atoms with Gasteiger partial charge in [0.1, 0.15) is 0 Å². The summed E-state index contributed by atoms with van der Waals surface area (Å²) in [6.07, 6.45) is 2.02. The van der Waals surface area contributed by atoms with Crippen LogP contribution in [-0.2, 0) is 25.5 Å². The molecule has 0 atom stereocenters. The third-order valence-electron chi connectivity index (χ3n) is 10.3. The number of nitrogens with zero attached hydrogens (tertiary/aromatic N) is 4. The minimum absolute atomic E-state index is 0. The molecule has 0 bridgehead atoms. The number of pyridine rings is 2. The van der Waals surface area contributed by atoms with E-state index in [1.165, 1.54) is 16.3 Å². The Hall–Kier alpha value is -5.46. The summed E-state index contributed by atoms with van der Waals surface area (Å²) in [6, 6.07) is 51.0. The molecule has 287 valence electrons. The molecule has 0 aliphatic carbocycles. The first kappa shape index (κ1) is 39.8. The zero-order valence-electron chi connectivity index (χ0n) is 33.7. The predicted molar refractivity (Wildman–Crippen MR) is 236 cm³/mol. The number of rotatable bonds is 5. The third kappa shape index (κ3) is 8.06. The molecule has 0 aliphatic heterocycles. The molecule has 9 aromatic rings. The van der Waals surface area contributed by atoms with Gasteiger partial charge >= 0.3 is 0 Å². The number of aryl methyl sites for hydroxylation is 2. The van der Waals surface area contributed by atoms with Crippen LogP contribution in [0.1, 0.15) is 37.6 Å². The van der Waals surface area contributed by atoms with Gasteiger partial charge in [-0.2, -0.15) is 0 Å². The Bertz CT molecular complexity index is 2830. The van der Waals surface area contributed by atoms with Gasteiger partial charge < -0.3 is 14.0 Å². The predicted octanol–water partition coefficient (Wildman–Crippen LogP) is 12.5. The van der Waals surface area contributed by atoms with E-state index >= 15 is 0 Å². The molecule has 57 heavy (non-hydrogen) atoms. The largest absolute Gasteiger partial charge is 0.486 e. The number of aromatic nitrogens is 4. The summed E-state index contributed by atoms with van der Waals surface area (Å²) < 4.78 is 8.64. The fourth-order valence-corrected chi connectivity index (χ4v) is 8.06. The van der Waals surface area contributed by atoms with E-state index in [-0.39, 0.29) is 25.5 Å². The molecular weight excluding hydrogens is 893 g/mol. The maximum Gasteiger partial charge on any atom is 0.216 e. The summed E-state index contributed by atoms with van der Waals surface area (Å²) in [6.45, 7) is 17.8. The summed E-state index contributed by atoms with van der Waals surface area (Å²) in [5.74, 6) is 0.790. The molecular formula is C50H46IrN4OSi-2. The van der Waals surface area contributed by atoms with Crippen LogP contribution in [0.15, 0.2) is 138 Å². The van der Waals surface area contributed by atoms with Crippen molar-refractivity contribution in [3.05, 3.63) is 163 Å². The monoisotopic (exact) mass is 939 g/mol. The Morgan fingerprint density at radius 1 is 0.737 bits per heavy atom. The second kappa shape index (κ2) is 15.8. The van der Waals surface area contributed by atoms with Crippen LogP contribution in [0.25, 0.3) is 72.6 Å². The second-order valence-electron chi connectivity index (χ2n) is 16.6. The maximum atomic E-state index is 6.39. The molecule has 0 saturated carbocycles. The number of imidazole rings is 1. The quantitative estimate of drug-likeness (QED) is 0.127. The van der Waals surface area contributed by atoms with E-state index in [0.717, 1.165) is 72.5 Å². The topological polar surface area (TPSA) is 56.7 Å². The van der Waals surface area contributed by atoms with Crippen LogP contribution in [0, 0.1) is 26.0 Å². The maximum absolute atomic E-state index is 6.39. The smallest absolute Gasteiger partial charge is 0.216 e. The Morgan fingerprint density at radius 2 is 1.51 bits per heavy atom. The van der Waals surface area contributed by atoms with Gasteiger partial charge in [-0.3, -0.25) is 4.98 Å². The van der Waals surface area contributed by atoms with Crippen molar-refractivity contribution in [3.63, 3.8) is 0 Å². The Labute approximate surface area is 350 Å². The molecule has 0 saturated heterocycles. The van der Waals surface area contributed by atoms with Crippen LogP contribution in [0.3, 0.4) is 0 Å². The normalized spacial score (nSPS) is 11.7. The Kier molecular flexibility index (Phi) is 11.0. The Balaban J connectivity index is 0.000000232. The van der Waals surface area contributed by atoms with Crippen LogP contribution >= 0.6 is 0 Å². The first-order valence-corrected chi connectivity index (χ1v) is 22.7. The second-order valence-corrected chi connectivity index (χ2v) is 21.6. The Morgan fingerprint density at radius 3 is 2.21 bits per heavy atom. The van der Waals surface area contributed by atoms with Crippen molar-refractivity contribution in [2.75, 3.05) is 0 Å². The van der Waals surface area contributed by atoms with Gasteiger partial charge in [0.25, 0.3) is 0 Å². The molecule has 0 aliphatic rings. The van der Waals surface area contributed by atoms with Crippen molar-refractivity contribution < 1.29 is 24.5 Å². The zero-order chi connectivity index (χ0) is 39.2. The van der Waals surface area contributed by atoms with Crippen LogP contribution in [0.4, 0.5) is 0 Å². The standard InChI is InChI=1S/C35H28N3O.C15H18NSi.Ir/c1-22-17-19-26-25-13-10-14-27(32(25)39-34(26)36-22)33-37-29-15-8-9-16-31(29)38(33)30-20-18-24(35(2,3)4)21-28(30)23-11-6-5-7-12-23;1-12-5-7-13(8-6-12)15-10-9-14(11-16-15)17(2,3)4;/h5-13,15-21H,1-4H3;5-7,9-11H,1-4H3;/q2*-1;. The van der Waals surface area contributed by atoms with E-state index < -0.39 is 8.07 Å². The number of para-hydroxylation sites is 2. The van der Waals surface area contributed by atoms with Gasteiger partial charge in [0.2, 0.25) is 5.71 Å². The zero-order valence-corrected chi connectivity index (χ0v) is 37.1. The van der Waals surface area contributed by atoms with E-state index in [4.69, 9.17) is 9.40 Å². The summed E-state index contributed by atoms with van der Waals surface area (Å²) in [7, 11) is -1.24. The number of benzene rings is 5. The molecule has 0 N–H and O–H groups in total. The van der Waals surface area contributed by atoms with Crippen LogP contribution in [-0.4, -0.2) is 27.6 Å². The minimum Gasteiger partial charge on any atom is -0.486 e. The van der Waals surface area contributed by atoms with Gasteiger partial charge in [0.05, 0.1) is 30.5 Å². The number of hydrogen-bond acceptors (Lipinski definition) is 4. The average molecular weight is 939 g/mol. The van der Waals surface area contributed by atoms with Gasteiger partial charge in [-0.25, -0.2) is 4.98 Å². The van der Waals surface area contributed by atoms with Gasteiger partial charge in [-0.1, -0.05) is 119 Å². The SMILES string of the molecule is Cc1c[c-]c(-c2ccc([Si](C)(C)C)cn2)cc1.Cc1ccc2c(n1)oc1c(-c3nc4ccccc4n3-c3ccc(C(C)(C)C)cc3-c3ccccc3)[c-]ccc12.[Ir]. The first-order valence-electron chi connectivity index (χ1n) is 19.2. The molecule has 1 radical (unpaired) electrons. The molecule has 4 heterocycles. The molecule has 4 aromatic heterocycles. The van der Waals surface area contributed by atoms with Crippen molar-refractivity contribution >= 4 is 46.4 Å². The van der Waals surface area contributed by atoms with E-state index in [1.54, 1.807) is 0 Å². The summed E-state index contributed by atoms with van der Waals surface area (Å²) >= 11 is 0. The van der Waals surface area contributed by atoms with Gasteiger partial charge in [0.15, 0.2) is 0 Å². The molecule has 5 nitrogen and oxygen atoms in total. The number of fused-ring (bicyclic) bond motifs is 4. The van der Waals surface area contributed by atoms with Crippen molar-refractivity contribution in [1.29, 1.82) is 0 Å². The summed E-state index contributed by atoms with van der Waals surface area (Å²) in [4.78, 5) is 14.4. The molecule has 0 unspecified atom stereocenters. The molecule has 0 spiro atoms. The van der Waals surface area contributed by atoms with Gasteiger partial charge in [0, 0.05) is 48.6 Å². The molecule has 9 rings (SSSR count). The van der Waals surface area contributed by atoms with E-state index in [9.17, 15) is 0 Å². The molecule has 0 fully saturated rings. The number of hydrogen-bond donors (Lipinski definition) is 0. The van der Waals surface area contributed by atoms with Crippen LogP contribution in [0.5, 0.6) is 0 Å². The minimum atomic E-state index is -1.24. The fraction of sp³-hybridized carbons (Fsp3) is 0.180. The summed E-state index contributed by atoms with van der Waals surface area (Å²) in [5, 5.41) is 3.40. The molecule has 5 aromatic carbocycles. The molecule has 7 heteroatoms. The van der Waals surface area contributed by atoms with Crippen molar-refractivity contribution in [1.82, 2.24) is 19.5 Å². The van der Waals surface area contributed by atoms with E-state index in [2.05, 4.69) is 171 Å². The van der Waals surface area contributed by atoms with Crippen LogP contribution < -0.4 is 5.19 Å². The van der Waals surface area contributed by atoms with Crippen molar-refractivity contribution in [2.45, 2.75) is 59.7 Å². The van der Waals surface area contributed by atoms with Crippen molar-refractivity contribution in [2.24, 2.45) is 0 Å². The third-order valence-corrected chi connectivity index (χ3v) is 12.3. The first-order chi connectivity index (χ1) is 26.8. The van der Waals surface area contributed by atoms with Gasteiger partial charge in [-0.15, -0.1) is 53.6 Å². The van der Waals surface area contributed by atoms with Crippen LogP contribution in [0.2, 0.25) is 19.6 Å². The van der Waals surface area contributed by atoms with Crippen molar-refractivity contribution in [3.8, 4) is 39.5 Å². The fourth-order valence-electron chi connectivity index (χ4n) is 7.02. The van der Waals surface area contributed by atoms with E-state index in [1.807, 2.05) is 43.5 Å². The number of furan rings is 1. The molecule has 0 amide bonds. The van der Waals surface area contributed by atoms with Gasteiger partial charge in [-0.05, 0) is 70.7 Å².